The van der Waals surface area contributed by atoms with Gasteiger partial charge >= 0.3 is 17.1 Å². The molecule has 0 fully saturated rings. The maximum Gasteiger partial charge on any atom is 2.00 e. The molecule has 0 spiro atoms. The average molecular weight is 505 g/mol. The summed E-state index contributed by atoms with van der Waals surface area (Å²) in [5.41, 5.74) is 5.58. The fourth-order valence-corrected chi connectivity index (χ4v) is 3.28. The predicted molar refractivity (Wildman–Crippen MR) is 118 cm³/mol. The third-order valence-electron chi connectivity index (χ3n) is 4.51. The minimum Gasteiger partial charge on any atom is -0.356 e. The molecule has 179 valence electrons. The van der Waals surface area contributed by atoms with Crippen LogP contribution in [0.3, 0.4) is 0 Å². The summed E-state index contributed by atoms with van der Waals surface area (Å²) in [6, 6.07) is 18.5. The second kappa shape index (κ2) is 13.7. The zero-order chi connectivity index (χ0) is 24.3. The molecular formula is C21H23CuN5O6. The summed E-state index contributed by atoms with van der Waals surface area (Å²) in [5, 5.41) is 29.5. The largest absolute Gasteiger partial charge is 2.00 e. The number of hydrogen-bond donors (Lipinski definition) is 0. The van der Waals surface area contributed by atoms with Crippen LogP contribution in [0.15, 0.2) is 54.6 Å². The van der Waals surface area contributed by atoms with Crippen LogP contribution in [0.4, 0.5) is 0 Å². The molecule has 0 aliphatic heterocycles. The molecule has 0 aromatic carbocycles. The first kappa shape index (κ1) is 29.4. The van der Waals surface area contributed by atoms with Crippen LogP contribution in [0, 0.1) is 51.4 Å². The van der Waals surface area contributed by atoms with Crippen molar-refractivity contribution in [3.8, 4) is 0 Å². The smallest absolute Gasteiger partial charge is 0.356 e. The summed E-state index contributed by atoms with van der Waals surface area (Å²) in [6.45, 7) is 8.25. The van der Waals surface area contributed by atoms with Crippen molar-refractivity contribution in [2.45, 2.75) is 39.5 Å². The fraction of sp³-hybridized carbons (Fsp3) is 0.286. The molecule has 3 aromatic heterocycles. The molecule has 0 atom stereocenters. The van der Waals surface area contributed by atoms with Gasteiger partial charge in [-0.2, -0.15) is 0 Å². The summed E-state index contributed by atoms with van der Waals surface area (Å²) in [5.74, 6) is 0. The summed E-state index contributed by atoms with van der Waals surface area (Å²) >= 11 is 0. The van der Waals surface area contributed by atoms with Gasteiger partial charge in [0.25, 0.3) is 0 Å². The van der Waals surface area contributed by atoms with Crippen molar-refractivity contribution < 1.29 is 27.2 Å². The number of pyridine rings is 3. The van der Waals surface area contributed by atoms with Crippen molar-refractivity contribution in [1.82, 2.24) is 15.0 Å². The Balaban J connectivity index is 0.000000991. The Labute approximate surface area is 201 Å². The number of aromatic nitrogens is 3. The normalized spacial score (nSPS) is 9.82. The van der Waals surface area contributed by atoms with Crippen molar-refractivity contribution in [2.24, 2.45) is 0 Å². The molecule has 0 aliphatic rings. The molecule has 0 bridgehead atoms. The van der Waals surface area contributed by atoms with E-state index in [0.717, 1.165) is 40.6 Å². The molecular weight excluding hydrogens is 482 g/mol. The van der Waals surface area contributed by atoms with Gasteiger partial charge in [-0.3, -0.25) is 15.0 Å². The quantitative estimate of drug-likeness (QED) is 0.288. The summed E-state index contributed by atoms with van der Waals surface area (Å²) in [6.07, 6.45) is 0.844. The van der Waals surface area contributed by atoms with E-state index in [1.807, 2.05) is 39.0 Å². The topological polar surface area (TPSA) is 171 Å². The predicted octanol–water partition coefficient (Wildman–Crippen LogP) is 4.06. The molecule has 11 nitrogen and oxygen atoms in total. The summed E-state index contributed by atoms with van der Waals surface area (Å²) in [7, 11) is 0. The molecule has 3 aromatic rings. The van der Waals surface area contributed by atoms with Gasteiger partial charge in [0.05, 0.1) is 32.7 Å². The first-order chi connectivity index (χ1) is 15.0. The number of nitrogens with zero attached hydrogens (tertiary/aromatic N) is 5. The van der Waals surface area contributed by atoms with Crippen LogP contribution in [0.1, 0.15) is 47.5 Å². The van der Waals surface area contributed by atoms with Crippen LogP contribution in [-0.2, 0) is 22.5 Å². The minimum absolute atomic E-state index is 0. The van der Waals surface area contributed by atoms with Crippen molar-refractivity contribution in [3.05, 3.63) is 119 Å². The van der Waals surface area contributed by atoms with E-state index in [1.54, 1.807) is 0 Å². The zero-order valence-corrected chi connectivity index (χ0v) is 19.3. The van der Waals surface area contributed by atoms with Crippen LogP contribution in [0.25, 0.3) is 0 Å². The molecule has 0 N–H and O–H groups in total. The van der Waals surface area contributed by atoms with Gasteiger partial charge < -0.3 is 30.6 Å². The Morgan fingerprint density at radius 2 is 0.909 bits per heavy atom. The van der Waals surface area contributed by atoms with E-state index in [2.05, 4.69) is 43.3 Å². The van der Waals surface area contributed by atoms with Crippen LogP contribution in [0.2, 0.25) is 0 Å². The Morgan fingerprint density at radius 1 is 0.667 bits per heavy atom. The van der Waals surface area contributed by atoms with Gasteiger partial charge in [0.15, 0.2) is 0 Å². The first-order valence-electron chi connectivity index (χ1n) is 9.48. The molecule has 12 heteroatoms. The summed E-state index contributed by atoms with van der Waals surface area (Å²) < 4.78 is 0. The number of aryl methyl sites for hydroxylation is 3. The molecule has 3 heterocycles. The van der Waals surface area contributed by atoms with Gasteiger partial charge in [-0.25, -0.2) is 0 Å². The van der Waals surface area contributed by atoms with Crippen LogP contribution >= 0.6 is 0 Å². The molecule has 0 amide bonds. The van der Waals surface area contributed by atoms with E-state index in [0.29, 0.717) is 0 Å². The van der Waals surface area contributed by atoms with Crippen LogP contribution < -0.4 is 0 Å². The monoisotopic (exact) mass is 504 g/mol. The maximum absolute atomic E-state index is 8.25. The van der Waals surface area contributed by atoms with Gasteiger partial charge in [-0.05, 0) is 63.6 Å². The van der Waals surface area contributed by atoms with E-state index in [1.165, 1.54) is 0 Å². The molecule has 1 radical (unpaired) electrons. The molecule has 0 saturated heterocycles. The van der Waals surface area contributed by atoms with Gasteiger partial charge in [0, 0.05) is 17.1 Å². The molecule has 0 unspecified atom stereocenters. The summed E-state index contributed by atoms with van der Waals surface area (Å²) in [4.78, 5) is 31.0. The molecule has 0 saturated carbocycles. The Morgan fingerprint density at radius 3 is 1.09 bits per heavy atom. The van der Waals surface area contributed by atoms with Crippen molar-refractivity contribution in [3.63, 3.8) is 0 Å². The fourth-order valence-electron chi connectivity index (χ4n) is 3.28. The Hall–Kier alpha value is -3.63. The maximum atomic E-state index is 8.25. The van der Waals surface area contributed by atoms with E-state index in [4.69, 9.17) is 45.6 Å². The first-order valence-corrected chi connectivity index (χ1v) is 9.48. The molecule has 33 heavy (non-hydrogen) atoms. The van der Waals surface area contributed by atoms with Gasteiger partial charge in [-0.15, -0.1) is 0 Å². The third kappa shape index (κ3) is 8.79. The molecule has 3 rings (SSSR count). The number of hydrogen-bond acceptors (Lipinski definition) is 9. The standard InChI is InChI=1S/C21H23N3.Cu.2NO3/c1-5-21(18-12-6-9-15(2)22-18,19-13-7-10-16(3)23-19)20-14-8-11-17(4)24-20;;2*2-1(3)4/h6-14H,5H2,1-4H3;;;/q;+2;2*-1. The van der Waals surface area contributed by atoms with E-state index in [9.17, 15) is 0 Å². The third-order valence-corrected chi connectivity index (χ3v) is 4.51. The second-order valence-electron chi connectivity index (χ2n) is 6.70. The SMILES string of the molecule is CCC(c1cccc(C)n1)(c1cccc(C)n1)c1cccc(C)n1.O=[N+]([O-])[O-].O=[N+]([O-])[O-].[Cu+2]. The number of rotatable bonds is 4. The van der Waals surface area contributed by atoms with Gasteiger partial charge in [0.2, 0.25) is 0 Å². The average Bonchev–Trinajstić information content (AvgIpc) is 2.68. The van der Waals surface area contributed by atoms with E-state index in [-0.39, 0.29) is 17.1 Å². The van der Waals surface area contributed by atoms with Gasteiger partial charge in [0.1, 0.15) is 0 Å². The van der Waals surface area contributed by atoms with Crippen molar-refractivity contribution >= 4 is 0 Å². The van der Waals surface area contributed by atoms with Crippen LogP contribution in [-0.4, -0.2) is 25.1 Å². The minimum atomic E-state index is -1.75. The Kier molecular flexibility index (Phi) is 12.2. The Bertz CT molecular complexity index is 936. The zero-order valence-electron chi connectivity index (χ0n) is 18.4. The molecule has 0 aliphatic carbocycles. The van der Waals surface area contributed by atoms with E-state index >= 15 is 0 Å². The van der Waals surface area contributed by atoms with Crippen molar-refractivity contribution in [2.75, 3.05) is 0 Å². The van der Waals surface area contributed by atoms with Gasteiger partial charge in [-0.1, -0.05) is 25.1 Å². The van der Waals surface area contributed by atoms with Crippen molar-refractivity contribution in [1.29, 1.82) is 0 Å². The second-order valence-corrected chi connectivity index (χ2v) is 6.70. The van der Waals surface area contributed by atoms with E-state index < -0.39 is 15.6 Å². The van der Waals surface area contributed by atoms with Crippen LogP contribution in [0.5, 0.6) is 0 Å².